The van der Waals surface area contributed by atoms with Crippen LogP contribution in [-0.2, 0) is 9.59 Å². The molecular weight excluding hydrogens is 349 g/mol. The van der Waals surface area contributed by atoms with E-state index in [1.165, 1.54) is 12.1 Å². The van der Waals surface area contributed by atoms with Gasteiger partial charge in [0.15, 0.2) is 0 Å². The van der Waals surface area contributed by atoms with E-state index in [4.69, 9.17) is 11.6 Å². The number of nitrogens with zero attached hydrogens (tertiary/aromatic N) is 1. The third-order valence-electron chi connectivity index (χ3n) is 5.01. The van der Waals surface area contributed by atoms with Crippen LogP contribution in [0, 0.1) is 11.7 Å². The Labute approximate surface area is 149 Å². The fourth-order valence-corrected chi connectivity index (χ4v) is 3.74. The van der Waals surface area contributed by atoms with Gasteiger partial charge < -0.3 is 10.6 Å². The van der Waals surface area contributed by atoms with Gasteiger partial charge in [-0.05, 0) is 37.0 Å². The smallest absolute Gasteiger partial charge is 0.324 e. The van der Waals surface area contributed by atoms with Gasteiger partial charge in [0.25, 0.3) is 5.91 Å². The number of amides is 4. The molecule has 2 fully saturated rings. The normalized spacial score (nSPS) is 26.0. The van der Waals surface area contributed by atoms with Crippen molar-refractivity contribution >= 4 is 35.1 Å². The van der Waals surface area contributed by atoms with E-state index in [2.05, 4.69) is 10.6 Å². The molecule has 1 aliphatic heterocycles. The van der Waals surface area contributed by atoms with Crippen LogP contribution in [0.25, 0.3) is 0 Å². The average Bonchev–Trinajstić information content (AvgIpc) is 2.79. The number of carbonyl (C=O) groups is 3. The van der Waals surface area contributed by atoms with Crippen LogP contribution in [0.15, 0.2) is 18.2 Å². The van der Waals surface area contributed by atoms with Crippen molar-refractivity contribution in [2.45, 2.75) is 38.1 Å². The van der Waals surface area contributed by atoms with Gasteiger partial charge in [0, 0.05) is 5.69 Å². The molecule has 0 unspecified atom stereocenters. The molecule has 25 heavy (non-hydrogen) atoms. The fourth-order valence-electron chi connectivity index (χ4n) is 3.56. The summed E-state index contributed by atoms with van der Waals surface area (Å²) < 4.78 is 13.2. The van der Waals surface area contributed by atoms with Gasteiger partial charge in [-0.25, -0.2) is 9.18 Å². The molecule has 0 bridgehead atoms. The van der Waals surface area contributed by atoms with Crippen LogP contribution in [0.5, 0.6) is 0 Å². The summed E-state index contributed by atoms with van der Waals surface area (Å²) in [6.45, 7) is 1.55. The minimum absolute atomic E-state index is 0.0293. The Balaban J connectivity index is 1.69. The van der Waals surface area contributed by atoms with E-state index in [0.717, 1.165) is 30.2 Å². The summed E-state index contributed by atoms with van der Waals surface area (Å²) >= 11 is 5.67. The Kier molecular flexibility index (Phi) is 4.69. The molecule has 1 aliphatic carbocycles. The molecule has 1 aromatic carbocycles. The first-order chi connectivity index (χ1) is 11.8. The lowest BCUT2D eigenvalue weighted by Crippen LogP contribution is -2.54. The third kappa shape index (κ3) is 3.20. The number of nitrogens with one attached hydrogen (secondary N) is 2. The number of benzene rings is 1. The number of hydrogen-bond donors (Lipinski definition) is 2. The number of hydrogen-bond acceptors (Lipinski definition) is 3. The number of halogens is 2. The monoisotopic (exact) mass is 367 g/mol. The topological polar surface area (TPSA) is 78.5 Å². The average molecular weight is 368 g/mol. The van der Waals surface area contributed by atoms with Crippen molar-refractivity contribution in [1.82, 2.24) is 10.2 Å². The van der Waals surface area contributed by atoms with Crippen molar-refractivity contribution in [3.63, 3.8) is 0 Å². The summed E-state index contributed by atoms with van der Waals surface area (Å²) in [7, 11) is 0. The van der Waals surface area contributed by atoms with Crippen molar-refractivity contribution in [2.75, 3.05) is 11.9 Å². The van der Waals surface area contributed by atoms with Crippen LogP contribution in [0.4, 0.5) is 14.9 Å². The second-order valence-electron chi connectivity index (χ2n) is 6.62. The van der Waals surface area contributed by atoms with Crippen molar-refractivity contribution in [3.8, 4) is 0 Å². The van der Waals surface area contributed by atoms with Gasteiger partial charge in [-0.15, -0.1) is 0 Å². The van der Waals surface area contributed by atoms with Crippen LogP contribution in [-0.4, -0.2) is 34.8 Å². The van der Waals surface area contributed by atoms with Gasteiger partial charge in [-0.1, -0.05) is 31.4 Å². The predicted octanol–water partition coefficient (Wildman–Crippen LogP) is 2.92. The van der Waals surface area contributed by atoms with Crippen LogP contribution in [0.3, 0.4) is 0 Å². The van der Waals surface area contributed by atoms with E-state index in [1.807, 2.05) is 6.92 Å². The molecule has 1 spiro atoms. The quantitative estimate of drug-likeness (QED) is 0.806. The highest BCUT2D eigenvalue weighted by Crippen LogP contribution is 2.38. The third-order valence-corrected chi connectivity index (χ3v) is 5.30. The lowest BCUT2D eigenvalue weighted by atomic mass is 9.73. The van der Waals surface area contributed by atoms with E-state index in [0.29, 0.717) is 12.1 Å². The Morgan fingerprint density at radius 1 is 1.44 bits per heavy atom. The highest BCUT2D eigenvalue weighted by atomic mass is 35.5. The largest absolute Gasteiger partial charge is 0.325 e. The summed E-state index contributed by atoms with van der Waals surface area (Å²) in [4.78, 5) is 38.1. The van der Waals surface area contributed by atoms with Crippen molar-refractivity contribution in [3.05, 3.63) is 29.0 Å². The summed E-state index contributed by atoms with van der Waals surface area (Å²) in [5.74, 6) is -1.47. The predicted molar refractivity (Wildman–Crippen MR) is 90.6 cm³/mol. The Bertz CT molecular complexity index is 742. The van der Waals surface area contributed by atoms with Gasteiger partial charge in [0.1, 0.15) is 17.9 Å². The Hall–Kier alpha value is -2.15. The molecule has 2 atom stereocenters. The van der Waals surface area contributed by atoms with Gasteiger partial charge in [-0.3, -0.25) is 14.5 Å². The zero-order valence-corrected chi connectivity index (χ0v) is 14.5. The highest BCUT2D eigenvalue weighted by Gasteiger charge is 2.55. The molecule has 1 saturated heterocycles. The second kappa shape index (κ2) is 6.63. The maximum absolute atomic E-state index is 13.2. The maximum Gasteiger partial charge on any atom is 0.325 e. The first-order valence-electron chi connectivity index (χ1n) is 8.22. The lowest BCUT2D eigenvalue weighted by molar-refractivity contribution is -0.136. The Morgan fingerprint density at radius 3 is 2.88 bits per heavy atom. The van der Waals surface area contributed by atoms with Gasteiger partial charge in [-0.2, -0.15) is 0 Å². The van der Waals surface area contributed by atoms with Crippen molar-refractivity contribution in [2.24, 2.45) is 5.92 Å². The SMILES string of the molecule is C[C@H]1CCCC[C@]12NC(=O)N(CC(=O)Nc1ccc(F)c(Cl)c1)C2=O. The van der Waals surface area contributed by atoms with E-state index in [-0.39, 0.29) is 16.8 Å². The van der Waals surface area contributed by atoms with Crippen LogP contribution in [0.1, 0.15) is 32.6 Å². The molecule has 2 aliphatic rings. The summed E-state index contributed by atoms with van der Waals surface area (Å²) in [6.07, 6.45) is 3.34. The number of rotatable bonds is 3. The van der Waals surface area contributed by atoms with Crippen LogP contribution >= 0.6 is 11.6 Å². The highest BCUT2D eigenvalue weighted by molar-refractivity contribution is 6.31. The summed E-state index contributed by atoms with van der Waals surface area (Å²) in [5.41, 5.74) is -0.598. The zero-order valence-electron chi connectivity index (χ0n) is 13.8. The molecular formula is C17H19ClFN3O3. The van der Waals surface area contributed by atoms with E-state index < -0.39 is 29.8 Å². The standard InChI is InChI=1S/C17H19ClFN3O3/c1-10-4-2-3-7-17(10)15(24)22(16(25)21-17)9-14(23)20-11-5-6-13(19)12(18)8-11/h5-6,8,10H,2-4,7,9H2,1H3,(H,20,23)(H,21,25)/t10-,17-/m0/s1. The molecule has 1 heterocycles. The Morgan fingerprint density at radius 2 is 2.20 bits per heavy atom. The molecule has 6 nitrogen and oxygen atoms in total. The molecule has 1 saturated carbocycles. The first kappa shape index (κ1) is 17.7. The lowest BCUT2D eigenvalue weighted by Gasteiger charge is -2.36. The minimum Gasteiger partial charge on any atom is -0.324 e. The van der Waals surface area contributed by atoms with E-state index >= 15 is 0 Å². The number of carbonyl (C=O) groups excluding carboxylic acids is 3. The zero-order chi connectivity index (χ0) is 18.2. The molecule has 0 aromatic heterocycles. The van der Waals surface area contributed by atoms with Crippen LogP contribution in [0.2, 0.25) is 5.02 Å². The second-order valence-corrected chi connectivity index (χ2v) is 7.02. The van der Waals surface area contributed by atoms with Gasteiger partial charge >= 0.3 is 6.03 Å². The van der Waals surface area contributed by atoms with Crippen molar-refractivity contribution < 1.29 is 18.8 Å². The number of anilines is 1. The van der Waals surface area contributed by atoms with Crippen molar-refractivity contribution in [1.29, 1.82) is 0 Å². The number of urea groups is 1. The molecule has 4 amide bonds. The van der Waals surface area contributed by atoms with Crippen LogP contribution < -0.4 is 10.6 Å². The minimum atomic E-state index is -0.894. The molecule has 0 radical (unpaired) electrons. The fraction of sp³-hybridized carbons (Fsp3) is 0.471. The summed E-state index contributed by atoms with van der Waals surface area (Å²) in [5, 5.41) is 5.19. The number of imide groups is 1. The van der Waals surface area contributed by atoms with Gasteiger partial charge in [0.05, 0.1) is 5.02 Å². The molecule has 2 N–H and O–H groups in total. The molecule has 3 rings (SSSR count). The molecule has 8 heteroatoms. The van der Waals surface area contributed by atoms with E-state index in [9.17, 15) is 18.8 Å². The first-order valence-corrected chi connectivity index (χ1v) is 8.60. The maximum atomic E-state index is 13.2. The summed E-state index contributed by atoms with van der Waals surface area (Å²) in [6, 6.07) is 3.21. The van der Waals surface area contributed by atoms with E-state index in [1.54, 1.807) is 0 Å². The van der Waals surface area contributed by atoms with Gasteiger partial charge in [0.2, 0.25) is 5.91 Å². The molecule has 134 valence electrons. The molecule has 1 aromatic rings.